The summed E-state index contributed by atoms with van der Waals surface area (Å²) in [5.41, 5.74) is -0.512. The lowest BCUT2D eigenvalue weighted by Gasteiger charge is -2.45. The van der Waals surface area contributed by atoms with E-state index in [-0.39, 0.29) is 29.4 Å². The van der Waals surface area contributed by atoms with Crippen molar-refractivity contribution in [3.63, 3.8) is 0 Å². The van der Waals surface area contributed by atoms with Gasteiger partial charge in [-0.1, -0.05) is 6.92 Å². The zero-order chi connectivity index (χ0) is 20.4. The van der Waals surface area contributed by atoms with Crippen LogP contribution in [0.2, 0.25) is 0 Å². The first-order valence-corrected chi connectivity index (χ1v) is 10.1. The van der Waals surface area contributed by atoms with Crippen molar-refractivity contribution in [3.8, 4) is 0 Å². The smallest absolute Gasteiger partial charge is 0.410 e. The van der Waals surface area contributed by atoms with Gasteiger partial charge in [-0.25, -0.2) is 4.79 Å². The van der Waals surface area contributed by atoms with E-state index < -0.39 is 5.60 Å². The van der Waals surface area contributed by atoms with Crippen molar-refractivity contribution >= 4 is 12.0 Å². The SMILES string of the molecule is C[C@@H]1CN(C(=O)OC(C)(C)C)C[C@H]1C(=O)NCC1(N(C)C)CCN(C)CC1. The topological polar surface area (TPSA) is 65.1 Å². The summed E-state index contributed by atoms with van der Waals surface area (Å²) in [6.07, 6.45) is 1.76. The molecule has 1 N–H and O–H groups in total. The Kier molecular flexibility index (Phi) is 6.79. The van der Waals surface area contributed by atoms with Crippen molar-refractivity contribution in [2.24, 2.45) is 11.8 Å². The highest BCUT2D eigenvalue weighted by molar-refractivity contribution is 5.81. The van der Waals surface area contributed by atoms with Gasteiger partial charge < -0.3 is 24.8 Å². The second-order valence-electron chi connectivity index (χ2n) is 9.61. The number of rotatable bonds is 4. The van der Waals surface area contributed by atoms with Crippen molar-refractivity contribution in [2.75, 3.05) is 53.9 Å². The standard InChI is InChI=1S/C20H38N4O3/c1-15-12-24(18(26)27-19(2,3)4)13-16(15)17(25)21-14-20(22(5)6)8-10-23(7)11-9-20/h15-16H,8-14H2,1-7H3,(H,21,25)/t15-,16-/m1/s1. The fourth-order valence-electron chi connectivity index (χ4n) is 3.98. The molecule has 0 aliphatic carbocycles. The molecular formula is C20H38N4O3. The van der Waals surface area contributed by atoms with E-state index in [1.54, 1.807) is 4.90 Å². The van der Waals surface area contributed by atoms with Crippen molar-refractivity contribution < 1.29 is 14.3 Å². The molecule has 0 aromatic heterocycles. The van der Waals surface area contributed by atoms with Crippen LogP contribution in [0.15, 0.2) is 0 Å². The van der Waals surface area contributed by atoms with Crippen LogP contribution in [0.3, 0.4) is 0 Å². The summed E-state index contributed by atoms with van der Waals surface area (Å²) in [7, 11) is 6.34. The summed E-state index contributed by atoms with van der Waals surface area (Å²) in [5.74, 6) is 0.00187. The number of likely N-dealkylation sites (N-methyl/N-ethyl adjacent to an activating group) is 1. The summed E-state index contributed by atoms with van der Waals surface area (Å²) >= 11 is 0. The van der Waals surface area contributed by atoms with E-state index in [9.17, 15) is 9.59 Å². The molecule has 2 fully saturated rings. The molecule has 0 unspecified atom stereocenters. The number of carbonyl (C=O) groups is 2. The Balaban J connectivity index is 1.92. The van der Waals surface area contributed by atoms with E-state index in [1.807, 2.05) is 27.7 Å². The molecule has 27 heavy (non-hydrogen) atoms. The average Bonchev–Trinajstić information content (AvgIpc) is 2.95. The highest BCUT2D eigenvalue weighted by Crippen LogP contribution is 2.28. The van der Waals surface area contributed by atoms with Crippen LogP contribution < -0.4 is 5.32 Å². The van der Waals surface area contributed by atoms with Crippen molar-refractivity contribution in [1.82, 2.24) is 20.0 Å². The zero-order valence-corrected chi connectivity index (χ0v) is 18.2. The fraction of sp³-hybridized carbons (Fsp3) is 0.900. The first-order chi connectivity index (χ1) is 12.4. The largest absolute Gasteiger partial charge is 0.444 e. The predicted octanol–water partition coefficient (Wildman–Crippen LogP) is 1.63. The minimum Gasteiger partial charge on any atom is -0.444 e. The minimum atomic E-state index is -0.521. The lowest BCUT2D eigenvalue weighted by molar-refractivity contribution is -0.126. The van der Waals surface area contributed by atoms with Gasteiger partial charge in [-0.05, 0) is 73.8 Å². The van der Waals surface area contributed by atoms with Gasteiger partial charge in [0.25, 0.3) is 0 Å². The van der Waals surface area contributed by atoms with Gasteiger partial charge in [0, 0.05) is 25.2 Å². The van der Waals surface area contributed by atoms with Crippen LogP contribution in [0.25, 0.3) is 0 Å². The van der Waals surface area contributed by atoms with Crippen LogP contribution >= 0.6 is 0 Å². The van der Waals surface area contributed by atoms with E-state index in [0.29, 0.717) is 19.6 Å². The highest BCUT2D eigenvalue weighted by atomic mass is 16.6. The fourth-order valence-corrected chi connectivity index (χ4v) is 3.98. The molecule has 0 spiro atoms. The van der Waals surface area contributed by atoms with E-state index in [0.717, 1.165) is 25.9 Å². The van der Waals surface area contributed by atoms with E-state index >= 15 is 0 Å². The Bertz CT molecular complexity index is 536. The van der Waals surface area contributed by atoms with Crippen molar-refractivity contribution in [3.05, 3.63) is 0 Å². The molecule has 0 aromatic rings. The van der Waals surface area contributed by atoms with Gasteiger partial charge >= 0.3 is 6.09 Å². The molecular weight excluding hydrogens is 344 g/mol. The third-order valence-electron chi connectivity index (χ3n) is 6.06. The summed E-state index contributed by atoms with van der Waals surface area (Å²) in [6, 6.07) is 0. The maximum atomic E-state index is 12.9. The van der Waals surface area contributed by atoms with Gasteiger partial charge in [0.15, 0.2) is 0 Å². The summed E-state index contributed by atoms with van der Waals surface area (Å²) in [5, 5.41) is 3.19. The molecule has 2 atom stereocenters. The van der Waals surface area contributed by atoms with Gasteiger partial charge in [0.05, 0.1) is 5.92 Å². The molecule has 7 nitrogen and oxygen atoms in total. The third-order valence-corrected chi connectivity index (χ3v) is 6.06. The van der Waals surface area contributed by atoms with Gasteiger partial charge in [-0.3, -0.25) is 4.79 Å². The molecule has 0 aromatic carbocycles. The molecule has 0 bridgehead atoms. The molecule has 156 valence electrons. The number of nitrogens with zero attached hydrogens (tertiary/aromatic N) is 3. The maximum absolute atomic E-state index is 12.9. The number of amides is 2. The molecule has 2 saturated heterocycles. The average molecular weight is 383 g/mol. The van der Waals surface area contributed by atoms with Crippen molar-refractivity contribution in [1.29, 1.82) is 0 Å². The Morgan fingerprint density at radius 2 is 1.78 bits per heavy atom. The Morgan fingerprint density at radius 1 is 1.19 bits per heavy atom. The Labute approximate surface area is 164 Å². The van der Waals surface area contributed by atoms with Gasteiger partial charge in [0.2, 0.25) is 5.91 Å². The van der Waals surface area contributed by atoms with Crippen LogP contribution in [0.1, 0.15) is 40.5 Å². The van der Waals surface area contributed by atoms with E-state index in [4.69, 9.17) is 4.74 Å². The molecule has 2 aliphatic rings. The lowest BCUT2D eigenvalue weighted by Crippen LogP contribution is -2.58. The summed E-state index contributed by atoms with van der Waals surface area (Å²) in [4.78, 5) is 31.4. The molecule has 0 radical (unpaired) electrons. The first kappa shape index (κ1) is 22.0. The Morgan fingerprint density at radius 3 is 2.30 bits per heavy atom. The lowest BCUT2D eigenvalue weighted by atomic mass is 9.86. The Hall–Kier alpha value is -1.34. The van der Waals surface area contributed by atoms with Gasteiger partial charge in [0.1, 0.15) is 5.60 Å². The predicted molar refractivity (Wildman–Crippen MR) is 107 cm³/mol. The number of hydrogen-bond donors (Lipinski definition) is 1. The summed E-state index contributed by atoms with van der Waals surface area (Å²) < 4.78 is 5.45. The zero-order valence-electron chi connectivity index (χ0n) is 18.2. The van der Waals surface area contributed by atoms with Crippen LogP contribution in [-0.2, 0) is 9.53 Å². The molecule has 2 aliphatic heterocycles. The molecule has 2 amide bonds. The van der Waals surface area contributed by atoms with Gasteiger partial charge in [-0.15, -0.1) is 0 Å². The molecule has 2 heterocycles. The van der Waals surface area contributed by atoms with Crippen molar-refractivity contribution in [2.45, 2.75) is 51.7 Å². The third kappa shape index (κ3) is 5.57. The van der Waals surface area contributed by atoms with E-state index in [2.05, 4.69) is 36.3 Å². The molecule has 7 heteroatoms. The van der Waals surface area contributed by atoms with E-state index in [1.165, 1.54) is 0 Å². The highest BCUT2D eigenvalue weighted by Gasteiger charge is 2.41. The minimum absolute atomic E-state index is 0.00879. The monoisotopic (exact) mass is 382 g/mol. The number of hydrogen-bond acceptors (Lipinski definition) is 5. The van der Waals surface area contributed by atoms with Crippen LogP contribution in [-0.4, -0.2) is 91.7 Å². The number of likely N-dealkylation sites (tertiary alicyclic amines) is 2. The first-order valence-electron chi connectivity index (χ1n) is 10.1. The second-order valence-corrected chi connectivity index (χ2v) is 9.61. The van der Waals surface area contributed by atoms with Crippen LogP contribution in [0.5, 0.6) is 0 Å². The number of carbonyl (C=O) groups excluding carboxylic acids is 2. The number of nitrogens with one attached hydrogen (secondary N) is 1. The maximum Gasteiger partial charge on any atom is 0.410 e. The normalized spacial score (nSPS) is 26.3. The molecule has 2 rings (SSSR count). The molecule has 0 saturated carbocycles. The van der Waals surface area contributed by atoms with Crippen LogP contribution in [0.4, 0.5) is 4.79 Å². The van der Waals surface area contributed by atoms with Gasteiger partial charge in [-0.2, -0.15) is 0 Å². The second kappa shape index (κ2) is 8.35. The van der Waals surface area contributed by atoms with Crippen LogP contribution in [0, 0.1) is 11.8 Å². The quantitative estimate of drug-likeness (QED) is 0.801. The summed E-state index contributed by atoms with van der Waals surface area (Å²) in [6.45, 7) is 11.3. The number of ether oxygens (including phenoxy) is 1. The number of piperidine rings is 1.